The lowest BCUT2D eigenvalue weighted by Crippen LogP contribution is -1.91. The van der Waals surface area contributed by atoms with E-state index in [1.165, 1.54) is 0 Å². The van der Waals surface area contributed by atoms with Crippen molar-refractivity contribution >= 4 is 26.8 Å². The first-order valence-electron chi connectivity index (χ1n) is 5.17. The van der Waals surface area contributed by atoms with Crippen LogP contribution in [-0.2, 0) is 0 Å². The van der Waals surface area contributed by atoms with Gasteiger partial charge in [-0.1, -0.05) is 18.2 Å². The number of halogens is 1. The molecule has 1 aromatic carbocycles. The molecular formula is C13H8BrN3. The zero-order valence-corrected chi connectivity index (χ0v) is 10.4. The van der Waals surface area contributed by atoms with Gasteiger partial charge in [-0.2, -0.15) is 0 Å². The molecule has 0 bridgehead atoms. The number of nitrogens with zero attached hydrogens (tertiary/aromatic N) is 3. The van der Waals surface area contributed by atoms with E-state index in [4.69, 9.17) is 0 Å². The minimum absolute atomic E-state index is 0.600. The summed E-state index contributed by atoms with van der Waals surface area (Å²) < 4.78 is 0.600. The lowest BCUT2D eigenvalue weighted by molar-refractivity contribution is 1.16. The lowest BCUT2D eigenvalue weighted by atomic mass is 10.1. The van der Waals surface area contributed by atoms with Crippen molar-refractivity contribution in [1.82, 2.24) is 15.0 Å². The third-order valence-corrected chi connectivity index (χ3v) is 2.88. The van der Waals surface area contributed by atoms with Crippen LogP contribution in [0.3, 0.4) is 0 Å². The summed E-state index contributed by atoms with van der Waals surface area (Å²) in [7, 11) is 0. The monoisotopic (exact) mass is 285 g/mol. The number of fused-ring (bicyclic) bond motifs is 1. The van der Waals surface area contributed by atoms with E-state index in [-0.39, 0.29) is 0 Å². The zero-order chi connectivity index (χ0) is 11.7. The largest absolute Gasteiger partial charge is 0.265 e. The van der Waals surface area contributed by atoms with Crippen LogP contribution in [-0.4, -0.2) is 15.0 Å². The van der Waals surface area contributed by atoms with E-state index in [1.54, 1.807) is 12.4 Å². The Kier molecular flexibility index (Phi) is 2.57. The van der Waals surface area contributed by atoms with Crippen molar-refractivity contribution < 1.29 is 0 Å². The molecule has 0 N–H and O–H groups in total. The average molecular weight is 286 g/mol. The van der Waals surface area contributed by atoms with Crippen molar-refractivity contribution in [3.05, 3.63) is 53.5 Å². The molecule has 0 aliphatic heterocycles. The van der Waals surface area contributed by atoms with E-state index in [0.29, 0.717) is 4.73 Å². The molecule has 2 aromatic heterocycles. The molecule has 4 heteroatoms. The molecule has 0 aliphatic carbocycles. The molecule has 0 saturated carbocycles. The number of para-hydroxylation sites is 1. The highest BCUT2D eigenvalue weighted by Crippen LogP contribution is 2.26. The van der Waals surface area contributed by atoms with Crippen molar-refractivity contribution in [3.63, 3.8) is 0 Å². The molecule has 0 radical (unpaired) electrons. The summed E-state index contributed by atoms with van der Waals surface area (Å²) in [6.45, 7) is 0. The van der Waals surface area contributed by atoms with Crippen molar-refractivity contribution in [2.75, 3.05) is 0 Å². The highest BCUT2D eigenvalue weighted by molar-refractivity contribution is 9.10. The van der Waals surface area contributed by atoms with Crippen LogP contribution in [0.2, 0.25) is 0 Å². The van der Waals surface area contributed by atoms with Crippen LogP contribution in [0.5, 0.6) is 0 Å². The third-order valence-electron chi connectivity index (χ3n) is 2.53. The number of pyridine rings is 1. The van der Waals surface area contributed by atoms with E-state index in [0.717, 1.165) is 22.2 Å². The fourth-order valence-electron chi connectivity index (χ4n) is 1.78. The minimum atomic E-state index is 0.600. The van der Waals surface area contributed by atoms with Gasteiger partial charge in [0.2, 0.25) is 0 Å². The maximum atomic E-state index is 4.45. The molecule has 0 unspecified atom stereocenters. The van der Waals surface area contributed by atoms with Gasteiger partial charge < -0.3 is 0 Å². The first-order chi connectivity index (χ1) is 8.34. The predicted molar refractivity (Wildman–Crippen MR) is 70.5 cm³/mol. The summed E-state index contributed by atoms with van der Waals surface area (Å²) in [5.41, 5.74) is 2.89. The molecule has 3 nitrogen and oxygen atoms in total. The maximum absolute atomic E-state index is 4.45. The number of hydrogen-bond acceptors (Lipinski definition) is 3. The highest BCUT2D eigenvalue weighted by atomic mass is 79.9. The summed E-state index contributed by atoms with van der Waals surface area (Å²) in [6.07, 6.45) is 3.53. The smallest absolute Gasteiger partial charge is 0.197 e. The molecule has 0 atom stereocenters. The van der Waals surface area contributed by atoms with Crippen molar-refractivity contribution in [2.24, 2.45) is 0 Å². The van der Waals surface area contributed by atoms with Gasteiger partial charge in [0.25, 0.3) is 0 Å². The standard InChI is InChI=1S/C13H8BrN3/c14-13-16-11-4-2-1-3-10(11)12(17-13)9-5-7-15-8-6-9/h1-8H. The van der Waals surface area contributed by atoms with Gasteiger partial charge in [0.1, 0.15) is 0 Å². The first-order valence-corrected chi connectivity index (χ1v) is 5.96. The molecule has 0 spiro atoms. The Morgan fingerprint density at radius 1 is 0.882 bits per heavy atom. The lowest BCUT2D eigenvalue weighted by Gasteiger charge is -2.05. The van der Waals surface area contributed by atoms with Crippen LogP contribution in [0.4, 0.5) is 0 Å². The second-order valence-electron chi connectivity index (χ2n) is 3.59. The van der Waals surface area contributed by atoms with Crippen LogP contribution in [0.15, 0.2) is 53.5 Å². The fourth-order valence-corrected chi connectivity index (χ4v) is 2.15. The number of benzene rings is 1. The second kappa shape index (κ2) is 4.22. The summed E-state index contributed by atoms with van der Waals surface area (Å²) >= 11 is 3.34. The van der Waals surface area contributed by atoms with Gasteiger partial charge in [-0.15, -0.1) is 0 Å². The molecule has 0 saturated heterocycles. The van der Waals surface area contributed by atoms with E-state index in [9.17, 15) is 0 Å². The molecule has 82 valence electrons. The first kappa shape index (κ1) is 10.4. The molecule has 2 heterocycles. The van der Waals surface area contributed by atoms with E-state index in [2.05, 4.69) is 30.9 Å². The van der Waals surface area contributed by atoms with Crippen LogP contribution < -0.4 is 0 Å². The second-order valence-corrected chi connectivity index (χ2v) is 4.30. The number of hydrogen-bond donors (Lipinski definition) is 0. The van der Waals surface area contributed by atoms with Gasteiger partial charge in [-0.05, 0) is 34.1 Å². The van der Waals surface area contributed by atoms with Crippen LogP contribution in [0.1, 0.15) is 0 Å². The van der Waals surface area contributed by atoms with Gasteiger partial charge in [0.15, 0.2) is 4.73 Å². The Labute approximate surface area is 107 Å². The number of aromatic nitrogens is 3. The van der Waals surface area contributed by atoms with Crippen LogP contribution in [0.25, 0.3) is 22.2 Å². The molecular weight excluding hydrogens is 278 g/mol. The molecule has 3 rings (SSSR count). The zero-order valence-electron chi connectivity index (χ0n) is 8.84. The molecule has 0 fully saturated rings. The van der Waals surface area contributed by atoms with E-state index in [1.807, 2.05) is 36.4 Å². The Hall–Kier alpha value is -1.81. The summed E-state index contributed by atoms with van der Waals surface area (Å²) in [5, 5.41) is 1.04. The average Bonchev–Trinajstić information content (AvgIpc) is 2.39. The van der Waals surface area contributed by atoms with Gasteiger partial charge in [0.05, 0.1) is 11.2 Å². The van der Waals surface area contributed by atoms with Gasteiger partial charge in [0, 0.05) is 23.3 Å². The van der Waals surface area contributed by atoms with Crippen LogP contribution in [0, 0.1) is 0 Å². The van der Waals surface area contributed by atoms with Gasteiger partial charge >= 0.3 is 0 Å². The topological polar surface area (TPSA) is 38.7 Å². The Balaban J connectivity index is 2.36. The van der Waals surface area contributed by atoms with Gasteiger partial charge in [-0.25, -0.2) is 9.97 Å². The van der Waals surface area contributed by atoms with E-state index < -0.39 is 0 Å². The molecule has 3 aromatic rings. The SMILES string of the molecule is Brc1nc(-c2ccncc2)c2ccccc2n1. The normalized spacial score (nSPS) is 10.6. The number of rotatable bonds is 1. The quantitative estimate of drug-likeness (QED) is 0.643. The maximum Gasteiger partial charge on any atom is 0.197 e. The summed E-state index contributed by atoms with van der Waals surface area (Å²) in [6, 6.07) is 11.9. The Morgan fingerprint density at radius 3 is 2.47 bits per heavy atom. The summed E-state index contributed by atoms with van der Waals surface area (Å²) in [5.74, 6) is 0. The Bertz CT molecular complexity index is 668. The van der Waals surface area contributed by atoms with Crippen molar-refractivity contribution in [3.8, 4) is 11.3 Å². The summed E-state index contributed by atoms with van der Waals surface area (Å²) in [4.78, 5) is 12.8. The third kappa shape index (κ3) is 1.91. The van der Waals surface area contributed by atoms with Gasteiger partial charge in [-0.3, -0.25) is 4.98 Å². The predicted octanol–water partition coefficient (Wildman–Crippen LogP) is 3.45. The molecule has 0 aliphatic rings. The van der Waals surface area contributed by atoms with Crippen molar-refractivity contribution in [1.29, 1.82) is 0 Å². The Morgan fingerprint density at radius 2 is 1.65 bits per heavy atom. The molecule has 0 amide bonds. The van der Waals surface area contributed by atoms with Crippen LogP contribution >= 0.6 is 15.9 Å². The highest BCUT2D eigenvalue weighted by Gasteiger charge is 2.07. The van der Waals surface area contributed by atoms with E-state index >= 15 is 0 Å². The fraction of sp³-hybridized carbons (Fsp3) is 0. The van der Waals surface area contributed by atoms with Crippen molar-refractivity contribution in [2.45, 2.75) is 0 Å². The molecule has 17 heavy (non-hydrogen) atoms. The minimum Gasteiger partial charge on any atom is -0.265 e.